The van der Waals surface area contributed by atoms with Crippen LogP contribution in [0.3, 0.4) is 0 Å². The Morgan fingerprint density at radius 1 is 0.974 bits per heavy atom. The van der Waals surface area contributed by atoms with E-state index >= 15 is 0 Å². The predicted octanol–water partition coefficient (Wildman–Crippen LogP) is 4.01. The molecule has 0 saturated carbocycles. The summed E-state index contributed by atoms with van der Waals surface area (Å²) in [6.45, 7) is 4.09. The van der Waals surface area contributed by atoms with Crippen LogP contribution in [0.5, 0.6) is 5.75 Å². The van der Waals surface area contributed by atoms with Crippen LogP contribution in [0.25, 0.3) is 10.9 Å². The summed E-state index contributed by atoms with van der Waals surface area (Å²) in [7, 11) is 1.58. The first-order valence-corrected chi connectivity index (χ1v) is 12.6. The van der Waals surface area contributed by atoms with Gasteiger partial charge in [0.05, 0.1) is 17.2 Å². The fourth-order valence-corrected chi connectivity index (χ4v) is 4.23. The van der Waals surface area contributed by atoms with Gasteiger partial charge in [-0.2, -0.15) is 0 Å². The van der Waals surface area contributed by atoms with Crippen LogP contribution < -0.4 is 21.1 Å². The molecular formula is C31H32N4O3. The molecule has 1 heterocycles. The number of carbonyl (C=O) groups excluding carboxylic acids is 2. The van der Waals surface area contributed by atoms with Crippen LogP contribution in [-0.4, -0.2) is 42.5 Å². The van der Waals surface area contributed by atoms with Gasteiger partial charge in [-0.05, 0) is 62.2 Å². The van der Waals surface area contributed by atoms with Gasteiger partial charge in [-0.25, -0.2) is 0 Å². The largest absolute Gasteiger partial charge is 0.490 e. The minimum Gasteiger partial charge on any atom is -0.490 e. The van der Waals surface area contributed by atoms with Crippen LogP contribution in [0, 0.1) is 11.8 Å². The summed E-state index contributed by atoms with van der Waals surface area (Å²) in [6, 6.07) is 20.2. The molecule has 0 aliphatic carbocycles. The molecule has 1 aromatic heterocycles. The number of hydrogen-bond acceptors (Lipinski definition) is 4. The van der Waals surface area contributed by atoms with Gasteiger partial charge in [0, 0.05) is 47.9 Å². The first-order valence-electron chi connectivity index (χ1n) is 12.6. The van der Waals surface area contributed by atoms with Gasteiger partial charge in [-0.1, -0.05) is 42.2 Å². The lowest BCUT2D eigenvalue weighted by molar-refractivity contribution is 0.0930. The number of rotatable bonds is 8. The zero-order valence-corrected chi connectivity index (χ0v) is 21.8. The Morgan fingerprint density at radius 2 is 1.74 bits per heavy atom. The number of nitrogens with one attached hydrogen (secondary N) is 3. The Kier molecular flexibility index (Phi) is 8.47. The van der Waals surface area contributed by atoms with Crippen molar-refractivity contribution in [3.8, 4) is 17.6 Å². The van der Waals surface area contributed by atoms with E-state index in [1.807, 2.05) is 44.3 Å². The fourth-order valence-electron chi connectivity index (χ4n) is 4.23. The molecule has 0 fully saturated rings. The summed E-state index contributed by atoms with van der Waals surface area (Å²) in [4.78, 5) is 28.9. The van der Waals surface area contributed by atoms with E-state index in [1.165, 1.54) is 0 Å². The third-order valence-electron chi connectivity index (χ3n) is 6.09. The van der Waals surface area contributed by atoms with Crippen molar-refractivity contribution in [2.24, 2.45) is 5.73 Å². The van der Waals surface area contributed by atoms with E-state index < -0.39 is 0 Å². The van der Waals surface area contributed by atoms with Crippen molar-refractivity contribution in [3.63, 3.8) is 0 Å². The van der Waals surface area contributed by atoms with Gasteiger partial charge >= 0.3 is 0 Å². The van der Waals surface area contributed by atoms with Crippen molar-refractivity contribution in [1.29, 1.82) is 0 Å². The Morgan fingerprint density at radius 3 is 2.50 bits per heavy atom. The third-order valence-corrected chi connectivity index (χ3v) is 6.09. The molecule has 4 rings (SSSR count). The average molecular weight is 509 g/mol. The van der Waals surface area contributed by atoms with E-state index in [1.54, 1.807) is 43.4 Å². The van der Waals surface area contributed by atoms with Gasteiger partial charge in [0.25, 0.3) is 11.8 Å². The van der Waals surface area contributed by atoms with Crippen molar-refractivity contribution >= 4 is 22.7 Å². The van der Waals surface area contributed by atoms with Crippen LogP contribution in [0.15, 0.2) is 72.9 Å². The molecule has 5 N–H and O–H groups in total. The minimum atomic E-state index is -0.287. The molecule has 7 nitrogen and oxygen atoms in total. The van der Waals surface area contributed by atoms with Gasteiger partial charge < -0.3 is 26.1 Å². The van der Waals surface area contributed by atoms with Crippen molar-refractivity contribution < 1.29 is 14.3 Å². The maximum atomic E-state index is 13.5. The number of para-hydroxylation sites is 1. The maximum Gasteiger partial charge on any atom is 0.255 e. The zero-order valence-electron chi connectivity index (χ0n) is 21.8. The van der Waals surface area contributed by atoms with Gasteiger partial charge in [0.1, 0.15) is 5.75 Å². The number of carbonyl (C=O) groups is 2. The second kappa shape index (κ2) is 12.1. The number of hydrogen-bond donors (Lipinski definition) is 4. The van der Waals surface area contributed by atoms with Crippen LogP contribution in [0.2, 0.25) is 0 Å². The normalized spacial score (nSPS) is 11.5. The molecule has 7 heteroatoms. The number of benzene rings is 3. The molecule has 1 atom stereocenters. The number of H-pyrrole nitrogens is 1. The zero-order chi connectivity index (χ0) is 27.1. The molecule has 0 aliphatic rings. The standard InChI is InChI=1S/C31H32N4O3/c1-20(2)38-29-15-13-21(12-14-22-8-4-5-10-26(22)30(36)33-3)16-27(29)31(37)35-24(18-32)17-23-19-34-28-11-7-6-9-25(23)28/h4-11,13,15-16,19-20,24,34H,17-18,32H2,1-3H3,(H,33,36)(H,35,37). The lowest BCUT2D eigenvalue weighted by Gasteiger charge is -2.19. The second-order valence-corrected chi connectivity index (χ2v) is 9.22. The van der Waals surface area contributed by atoms with E-state index in [2.05, 4.69) is 33.5 Å². The molecule has 38 heavy (non-hydrogen) atoms. The summed E-state index contributed by atoms with van der Waals surface area (Å²) < 4.78 is 5.93. The second-order valence-electron chi connectivity index (χ2n) is 9.22. The van der Waals surface area contributed by atoms with E-state index in [-0.39, 0.29) is 30.5 Å². The molecule has 0 radical (unpaired) electrons. The topological polar surface area (TPSA) is 109 Å². The lowest BCUT2D eigenvalue weighted by atomic mass is 10.0. The first kappa shape index (κ1) is 26.5. The smallest absolute Gasteiger partial charge is 0.255 e. The first-order chi connectivity index (χ1) is 18.4. The van der Waals surface area contributed by atoms with Crippen molar-refractivity contribution in [2.75, 3.05) is 13.6 Å². The van der Waals surface area contributed by atoms with E-state index in [4.69, 9.17) is 10.5 Å². The SMILES string of the molecule is CNC(=O)c1ccccc1C#Cc1ccc(OC(C)C)c(C(=O)NC(CN)Cc2c[nH]c3ccccc23)c1. The Balaban J connectivity index is 1.60. The molecule has 0 saturated heterocycles. The van der Waals surface area contributed by atoms with Gasteiger partial charge in [0.2, 0.25) is 0 Å². The maximum absolute atomic E-state index is 13.5. The van der Waals surface area contributed by atoms with Crippen LogP contribution >= 0.6 is 0 Å². The quantitative estimate of drug-likeness (QED) is 0.270. The van der Waals surface area contributed by atoms with E-state index in [9.17, 15) is 9.59 Å². The molecule has 1 unspecified atom stereocenters. The molecule has 2 amide bonds. The van der Waals surface area contributed by atoms with Gasteiger partial charge in [0.15, 0.2) is 0 Å². The number of ether oxygens (including phenoxy) is 1. The van der Waals surface area contributed by atoms with E-state index in [0.29, 0.717) is 34.4 Å². The van der Waals surface area contributed by atoms with Crippen LogP contribution in [0.1, 0.15) is 51.3 Å². The van der Waals surface area contributed by atoms with Crippen LogP contribution in [0.4, 0.5) is 0 Å². The molecule has 194 valence electrons. The number of nitrogens with two attached hydrogens (primary N) is 1. The Bertz CT molecular complexity index is 1510. The highest BCUT2D eigenvalue weighted by molar-refractivity contribution is 5.98. The van der Waals surface area contributed by atoms with E-state index in [0.717, 1.165) is 16.5 Å². The summed E-state index contributed by atoms with van der Waals surface area (Å²) in [6.07, 6.45) is 2.43. The molecule has 0 aliphatic heterocycles. The lowest BCUT2D eigenvalue weighted by Crippen LogP contribution is -2.41. The molecule has 3 aromatic carbocycles. The summed E-state index contributed by atoms with van der Waals surface area (Å²) in [5.74, 6) is 6.12. The van der Waals surface area contributed by atoms with Crippen molar-refractivity contribution in [3.05, 3.63) is 101 Å². The van der Waals surface area contributed by atoms with Crippen molar-refractivity contribution in [2.45, 2.75) is 32.4 Å². The number of fused-ring (bicyclic) bond motifs is 1. The highest BCUT2D eigenvalue weighted by Gasteiger charge is 2.19. The highest BCUT2D eigenvalue weighted by Crippen LogP contribution is 2.23. The van der Waals surface area contributed by atoms with Gasteiger partial charge in [-0.3, -0.25) is 9.59 Å². The minimum absolute atomic E-state index is 0.116. The third kappa shape index (κ3) is 6.23. The van der Waals surface area contributed by atoms with Crippen LogP contribution in [-0.2, 0) is 6.42 Å². The highest BCUT2D eigenvalue weighted by atomic mass is 16.5. The molecule has 4 aromatic rings. The summed E-state index contributed by atoms with van der Waals surface area (Å²) >= 11 is 0. The summed E-state index contributed by atoms with van der Waals surface area (Å²) in [5, 5.41) is 6.81. The monoisotopic (exact) mass is 508 g/mol. The Hall–Kier alpha value is -4.54. The summed E-state index contributed by atoms with van der Waals surface area (Å²) in [5.41, 5.74) is 10.3. The number of aromatic nitrogens is 1. The fraction of sp³-hybridized carbons (Fsp3) is 0.226. The van der Waals surface area contributed by atoms with Crippen molar-refractivity contribution in [1.82, 2.24) is 15.6 Å². The number of amides is 2. The average Bonchev–Trinajstić information content (AvgIpc) is 3.34. The molecular weight excluding hydrogens is 476 g/mol. The molecule has 0 bridgehead atoms. The number of aromatic amines is 1. The predicted molar refractivity (Wildman–Crippen MR) is 150 cm³/mol. The Labute approximate surface area is 222 Å². The van der Waals surface area contributed by atoms with Gasteiger partial charge in [-0.15, -0.1) is 0 Å². The molecule has 0 spiro atoms.